The minimum absolute atomic E-state index is 0.143. The molecule has 1 unspecified atom stereocenters. The van der Waals surface area contributed by atoms with Crippen LogP contribution in [0, 0.1) is 5.92 Å². The highest BCUT2D eigenvalue weighted by molar-refractivity contribution is 7.10. The number of aliphatic imine (C=N–C) groups is 1. The van der Waals surface area contributed by atoms with Gasteiger partial charge in [-0.15, -0.1) is 11.3 Å². The topological polar surface area (TPSA) is 65.5 Å². The van der Waals surface area contributed by atoms with Crippen LogP contribution in [0.5, 0.6) is 0 Å². The third kappa shape index (κ3) is 5.83. The first kappa shape index (κ1) is 20.4. The maximum atomic E-state index is 12.1. The van der Waals surface area contributed by atoms with E-state index in [2.05, 4.69) is 47.3 Å². The maximum Gasteiger partial charge on any atom is 0.227 e. The molecule has 1 aliphatic carbocycles. The number of hydrogen-bond donors (Lipinski definition) is 3. The SMILES string of the molecule is CCNC(=NCc1cccc(NC(=O)C2CCC2)c1)NCC(C)c1cccs1. The van der Waals surface area contributed by atoms with Gasteiger partial charge in [0.25, 0.3) is 0 Å². The maximum absolute atomic E-state index is 12.1. The Balaban J connectivity index is 1.55. The molecule has 0 spiro atoms. The summed E-state index contributed by atoms with van der Waals surface area (Å²) in [5, 5.41) is 11.9. The van der Waals surface area contributed by atoms with E-state index in [1.165, 1.54) is 4.88 Å². The Hall–Kier alpha value is -2.34. The zero-order valence-electron chi connectivity index (χ0n) is 16.7. The molecule has 1 saturated carbocycles. The molecular weight excluding hydrogens is 368 g/mol. The van der Waals surface area contributed by atoms with Gasteiger partial charge < -0.3 is 16.0 Å². The molecule has 150 valence electrons. The molecule has 0 radical (unpaired) electrons. The minimum Gasteiger partial charge on any atom is -0.357 e. The van der Waals surface area contributed by atoms with Crippen molar-refractivity contribution < 1.29 is 4.79 Å². The van der Waals surface area contributed by atoms with Gasteiger partial charge in [-0.1, -0.05) is 31.5 Å². The van der Waals surface area contributed by atoms with E-state index in [1.807, 2.05) is 24.3 Å². The van der Waals surface area contributed by atoms with Gasteiger partial charge in [-0.25, -0.2) is 4.99 Å². The van der Waals surface area contributed by atoms with Crippen molar-refractivity contribution in [3.8, 4) is 0 Å². The summed E-state index contributed by atoms with van der Waals surface area (Å²) in [7, 11) is 0. The zero-order chi connectivity index (χ0) is 19.8. The molecule has 1 aromatic carbocycles. The highest BCUT2D eigenvalue weighted by Gasteiger charge is 2.25. The normalized spacial score (nSPS) is 15.6. The Morgan fingerprint density at radius 3 is 2.79 bits per heavy atom. The van der Waals surface area contributed by atoms with E-state index in [0.29, 0.717) is 12.5 Å². The van der Waals surface area contributed by atoms with Crippen molar-refractivity contribution in [1.29, 1.82) is 0 Å². The number of amides is 1. The second-order valence-electron chi connectivity index (χ2n) is 7.31. The van der Waals surface area contributed by atoms with Crippen LogP contribution in [0.4, 0.5) is 5.69 Å². The van der Waals surface area contributed by atoms with Crippen LogP contribution in [0.15, 0.2) is 46.8 Å². The summed E-state index contributed by atoms with van der Waals surface area (Å²) in [5.74, 6) is 1.59. The Morgan fingerprint density at radius 2 is 2.11 bits per heavy atom. The van der Waals surface area contributed by atoms with Gasteiger partial charge in [-0.2, -0.15) is 0 Å². The molecule has 0 aliphatic heterocycles. The van der Waals surface area contributed by atoms with Crippen molar-refractivity contribution in [2.45, 2.75) is 45.6 Å². The number of thiophene rings is 1. The number of nitrogens with zero attached hydrogens (tertiary/aromatic N) is 1. The number of rotatable bonds is 8. The number of carbonyl (C=O) groups is 1. The van der Waals surface area contributed by atoms with E-state index in [0.717, 1.165) is 49.6 Å². The minimum atomic E-state index is 0.143. The summed E-state index contributed by atoms with van der Waals surface area (Å²) >= 11 is 1.79. The fourth-order valence-corrected chi connectivity index (χ4v) is 3.88. The molecule has 1 aromatic heterocycles. The number of benzene rings is 1. The fraction of sp³-hybridized carbons (Fsp3) is 0.455. The second-order valence-corrected chi connectivity index (χ2v) is 8.29. The van der Waals surface area contributed by atoms with Crippen molar-refractivity contribution in [3.63, 3.8) is 0 Å². The van der Waals surface area contributed by atoms with Crippen LogP contribution in [0.1, 0.15) is 49.5 Å². The number of carbonyl (C=O) groups excluding carboxylic acids is 1. The highest BCUT2D eigenvalue weighted by Crippen LogP contribution is 2.27. The van der Waals surface area contributed by atoms with E-state index in [4.69, 9.17) is 4.99 Å². The molecule has 28 heavy (non-hydrogen) atoms. The zero-order valence-corrected chi connectivity index (χ0v) is 17.5. The van der Waals surface area contributed by atoms with Gasteiger partial charge in [-0.3, -0.25) is 4.79 Å². The Labute approximate surface area is 171 Å². The largest absolute Gasteiger partial charge is 0.357 e. The predicted molar refractivity (Wildman–Crippen MR) is 118 cm³/mol. The molecule has 0 saturated heterocycles. The lowest BCUT2D eigenvalue weighted by molar-refractivity contribution is -0.122. The molecule has 1 amide bonds. The average Bonchev–Trinajstić information content (AvgIpc) is 3.17. The van der Waals surface area contributed by atoms with E-state index in [9.17, 15) is 4.79 Å². The summed E-state index contributed by atoms with van der Waals surface area (Å²) in [6.07, 6.45) is 3.19. The Morgan fingerprint density at radius 1 is 1.25 bits per heavy atom. The van der Waals surface area contributed by atoms with Crippen LogP contribution in [0.25, 0.3) is 0 Å². The monoisotopic (exact) mass is 398 g/mol. The van der Waals surface area contributed by atoms with Crippen LogP contribution in [-0.4, -0.2) is 25.0 Å². The van der Waals surface area contributed by atoms with E-state index in [-0.39, 0.29) is 11.8 Å². The summed E-state index contributed by atoms with van der Waals surface area (Å²) in [6.45, 7) is 6.50. The van der Waals surface area contributed by atoms with Gasteiger partial charge >= 0.3 is 0 Å². The van der Waals surface area contributed by atoms with Crippen molar-refractivity contribution in [3.05, 3.63) is 52.2 Å². The smallest absolute Gasteiger partial charge is 0.227 e. The van der Waals surface area contributed by atoms with Crippen LogP contribution in [0.2, 0.25) is 0 Å². The molecule has 3 N–H and O–H groups in total. The van der Waals surface area contributed by atoms with E-state index in [1.54, 1.807) is 11.3 Å². The first-order valence-electron chi connectivity index (χ1n) is 10.1. The summed E-state index contributed by atoms with van der Waals surface area (Å²) in [4.78, 5) is 18.2. The second kappa shape index (κ2) is 10.3. The fourth-order valence-electron chi connectivity index (χ4n) is 3.10. The highest BCUT2D eigenvalue weighted by atomic mass is 32.1. The molecule has 0 bridgehead atoms. The lowest BCUT2D eigenvalue weighted by atomic mass is 9.85. The number of guanidine groups is 1. The third-order valence-electron chi connectivity index (χ3n) is 5.04. The lowest BCUT2D eigenvalue weighted by Gasteiger charge is -2.24. The summed E-state index contributed by atoms with van der Waals surface area (Å²) in [5.41, 5.74) is 1.93. The van der Waals surface area contributed by atoms with Crippen molar-refractivity contribution >= 4 is 28.9 Å². The standard InChI is InChI=1S/C22H30N4OS/c1-3-23-22(24-14-16(2)20-11-6-12-28-20)25-15-17-7-4-10-19(13-17)26-21(27)18-8-5-9-18/h4,6-7,10-13,16,18H,3,5,8-9,14-15H2,1-2H3,(H,26,27)(H2,23,24,25). The van der Waals surface area contributed by atoms with Gasteiger partial charge in [0, 0.05) is 35.5 Å². The number of anilines is 1. The summed E-state index contributed by atoms with van der Waals surface area (Å²) < 4.78 is 0. The van der Waals surface area contributed by atoms with Crippen LogP contribution < -0.4 is 16.0 Å². The van der Waals surface area contributed by atoms with Crippen molar-refractivity contribution in [1.82, 2.24) is 10.6 Å². The Kier molecular flexibility index (Phi) is 7.48. The van der Waals surface area contributed by atoms with Crippen LogP contribution in [0.3, 0.4) is 0 Å². The number of hydrogen-bond acceptors (Lipinski definition) is 3. The van der Waals surface area contributed by atoms with Gasteiger partial charge in [-0.05, 0) is 48.9 Å². The predicted octanol–water partition coefficient (Wildman–Crippen LogP) is 4.35. The number of nitrogens with one attached hydrogen (secondary N) is 3. The molecule has 2 aromatic rings. The third-order valence-corrected chi connectivity index (χ3v) is 6.14. The Bertz CT molecular complexity index is 784. The molecule has 1 fully saturated rings. The molecule has 1 heterocycles. The van der Waals surface area contributed by atoms with Crippen molar-refractivity contribution in [2.75, 3.05) is 18.4 Å². The molecule has 5 nitrogen and oxygen atoms in total. The first-order valence-corrected chi connectivity index (χ1v) is 11.0. The molecule has 3 rings (SSSR count). The van der Waals surface area contributed by atoms with Crippen LogP contribution >= 0.6 is 11.3 Å². The van der Waals surface area contributed by atoms with Crippen LogP contribution in [-0.2, 0) is 11.3 Å². The van der Waals surface area contributed by atoms with Gasteiger partial charge in [0.1, 0.15) is 0 Å². The lowest BCUT2D eigenvalue weighted by Crippen LogP contribution is -2.39. The van der Waals surface area contributed by atoms with E-state index < -0.39 is 0 Å². The van der Waals surface area contributed by atoms with Gasteiger partial charge in [0.2, 0.25) is 5.91 Å². The van der Waals surface area contributed by atoms with Gasteiger partial charge in [0.15, 0.2) is 5.96 Å². The molecule has 6 heteroatoms. The molecule has 1 aliphatic rings. The van der Waals surface area contributed by atoms with E-state index >= 15 is 0 Å². The average molecular weight is 399 g/mol. The van der Waals surface area contributed by atoms with Crippen molar-refractivity contribution in [2.24, 2.45) is 10.9 Å². The molecular formula is C22H30N4OS. The van der Waals surface area contributed by atoms with Gasteiger partial charge in [0.05, 0.1) is 6.54 Å². The quantitative estimate of drug-likeness (QED) is 0.458. The summed E-state index contributed by atoms with van der Waals surface area (Å²) in [6, 6.07) is 12.2. The first-order chi connectivity index (χ1) is 13.7. The molecule has 1 atom stereocenters.